The van der Waals surface area contributed by atoms with Crippen molar-refractivity contribution in [2.75, 3.05) is 12.4 Å². The fraction of sp³-hybridized carbons (Fsp3) is 0.0667. The Morgan fingerprint density at radius 3 is 2.71 bits per heavy atom. The molecule has 0 unspecified atom stereocenters. The first kappa shape index (κ1) is 13.6. The maximum Gasteiger partial charge on any atom is 0.224 e. The monoisotopic (exact) mass is 303 g/mol. The molecule has 0 aliphatic rings. The summed E-state index contributed by atoms with van der Waals surface area (Å²) in [6.45, 7) is 0. The molecule has 106 valence electrons. The standard InChI is InChI=1S/C15H11ClFN3O/c1-21-13-7-6-9(8-11(13)17)18-14-10-4-2-3-5-12(10)19-15(16)20-14/h2-8H,1H3,(H,18,19,20). The van der Waals surface area contributed by atoms with Gasteiger partial charge < -0.3 is 10.1 Å². The third kappa shape index (κ3) is 2.73. The molecule has 0 bridgehead atoms. The van der Waals surface area contributed by atoms with Crippen LogP contribution in [-0.4, -0.2) is 17.1 Å². The van der Waals surface area contributed by atoms with Gasteiger partial charge in [0.25, 0.3) is 0 Å². The van der Waals surface area contributed by atoms with Gasteiger partial charge in [-0.3, -0.25) is 0 Å². The number of fused-ring (bicyclic) bond motifs is 1. The fourth-order valence-corrected chi connectivity index (χ4v) is 2.20. The van der Waals surface area contributed by atoms with Crippen LogP contribution >= 0.6 is 11.6 Å². The van der Waals surface area contributed by atoms with Gasteiger partial charge in [0.15, 0.2) is 11.6 Å². The van der Waals surface area contributed by atoms with Crippen LogP contribution in [0.25, 0.3) is 10.9 Å². The molecular weight excluding hydrogens is 293 g/mol. The van der Waals surface area contributed by atoms with Crippen LogP contribution in [0.4, 0.5) is 15.9 Å². The number of para-hydroxylation sites is 1. The van der Waals surface area contributed by atoms with Gasteiger partial charge in [-0.25, -0.2) is 9.37 Å². The number of nitrogens with zero attached hydrogens (tertiary/aromatic N) is 2. The molecule has 2 aromatic carbocycles. The highest BCUT2D eigenvalue weighted by molar-refractivity contribution is 6.28. The quantitative estimate of drug-likeness (QED) is 0.738. The maximum atomic E-state index is 13.7. The van der Waals surface area contributed by atoms with E-state index >= 15 is 0 Å². The lowest BCUT2D eigenvalue weighted by Crippen LogP contribution is -1.98. The molecule has 3 aromatic rings. The zero-order valence-corrected chi connectivity index (χ0v) is 11.9. The van der Waals surface area contributed by atoms with E-state index in [0.29, 0.717) is 17.0 Å². The Labute approximate surface area is 125 Å². The van der Waals surface area contributed by atoms with Crippen molar-refractivity contribution in [1.29, 1.82) is 0 Å². The van der Waals surface area contributed by atoms with Gasteiger partial charge in [-0.1, -0.05) is 12.1 Å². The van der Waals surface area contributed by atoms with Crippen molar-refractivity contribution in [3.63, 3.8) is 0 Å². The minimum atomic E-state index is -0.452. The van der Waals surface area contributed by atoms with Crippen molar-refractivity contribution in [2.45, 2.75) is 0 Å². The molecule has 0 amide bonds. The van der Waals surface area contributed by atoms with E-state index in [0.717, 1.165) is 5.39 Å². The minimum Gasteiger partial charge on any atom is -0.494 e. The van der Waals surface area contributed by atoms with E-state index < -0.39 is 5.82 Å². The molecule has 3 rings (SSSR count). The number of halogens is 2. The smallest absolute Gasteiger partial charge is 0.224 e. The normalized spacial score (nSPS) is 10.6. The van der Waals surface area contributed by atoms with Gasteiger partial charge >= 0.3 is 0 Å². The summed E-state index contributed by atoms with van der Waals surface area (Å²) in [5.41, 5.74) is 1.27. The molecule has 0 spiro atoms. The highest BCUT2D eigenvalue weighted by atomic mass is 35.5. The number of methoxy groups -OCH3 is 1. The van der Waals surface area contributed by atoms with E-state index in [2.05, 4.69) is 15.3 Å². The molecule has 0 fully saturated rings. The van der Waals surface area contributed by atoms with Gasteiger partial charge in [-0.2, -0.15) is 4.98 Å². The minimum absolute atomic E-state index is 0.130. The largest absolute Gasteiger partial charge is 0.494 e. The Morgan fingerprint density at radius 1 is 1.14 bits per heavy atom. The number of hydrogen-bond acceptors (Lipinski definition) is 4. The molecule has 0 saturated heterocycles. The van der Waals surface area contributed by atoms with Crippen LogP contribution in [0.15, 0.2) is 42.5 Å². The molecular formula is C15H11ClFN3O. The van der Waals surface area contributed by atoms with E-state index in [1.54, 1.807) is 12.1 Å². The predicted molar refractivity (Wildman–Crippen MR) is 80.8 cm³/mol. The zero-order chi connectivity index (χ0) is 14.8. The predicted octanol–water partition coefficient (Wildman–Crippen LogP) is 4.17. The first-order valence-electron chi connectivity index (χ1n) is 6.20. The molecule has 0 aliphatic heterocycles. The number of benzene rings is 2. The lowest BCUT2D eigenvalue weighted by atomic mass is 10.2. The fourth-order valence-electron chi connectivity index (χ4n) is 2.02. The molecule has 6 heteroatoms. The number of rotatable bonds is 3. The second kappa shape index (κ2) is 5.54. The Hall–Kier alpha value is -2.40. The van der Waals surface area contributed by atoms with Crippen molar-refractivity contribution in [3.05, 3.63) is 53.6 Å². The summed E-state index contributed by atoms with van der Waals surface area (Å²) in [4.78, 5) is 8.30. The first-order valence-corrected chi connectivity index (χ1v) is 6.58. The van der Waals surface area contributed by atoms with Crippen molar-refractivity contribution >= 4 is 34.0 Å². The summed E-state index contributed by atoms with van der Waals surface area (Å²) >= 11 is 5.91. The van der Waals surface area contributed by atoms with Crippen LogP contribution in [-0.2, 0) is 0 Å². The third-order valence-corrected chi connectivity index (χ3v) is 3.16. The van der Waals surface area contributed by atoms with Crippen molar-refractivity contribution in [3.8, 4) is 5.75 Å². The molecule has 0 radical (unpaired) electrons. The summed E-state index contributed by atoms with van der Waals surface area (Å²) < 4.78 is 18.6. The van der Waals surface area contributed by atoms with E-state index in [-0.39, 0.29) is 11.0 Å². The number of ether oxygens (including phenoxy) is 1. The van der Waals surface area contributed by atoms with E-state index in [1.807, 2.05) is 24.3 Å². The molecule has 1 N–H and O–H groups in total. The zero-order valence-electron chi connectivity index (χ0n) is 11.1. The number of aromatic nitrogens is 2. The van der Waals surface area contributed by atoms with Crippen molar-refractivity contribution in [1.82, 2.24) is 9.97 Å². The summed E-state index contributed by atoms with van der Waals surface area (Å²) in [6, 6.07) is 12.0. The van der Waals surface area contributed by atoms with Crippen LogP contribution in [0.5, 0.6) is 5.75 Å². The Morgan fingerprint density at radius 2 is 1.95 bits per heavy atom. The number of anilines is 2. The number of hydrogen-bond donors (Lipinski definition) is 1. The molecule has 4 nitrogen and oxygen atoms in total. The van der Waals surface area contributed by atoms with Gasteiger partial charge in [0.05, 0.1) is 12.6 Å². The highest BCUT2D eigenvalue weighted by Gasteiger charge is 2.08. The topological polar surface area (TPSA) is 47.0 Å². The van der Waals surface area contributed by atoms with E-state index in [4.69, 9.17) is 16.3 Å². The number of nitrogens with one attached hydrogen (secondary N) is 1. The highest BCUT2D eigenvalue weighted by Crippen LogP contribution is 2.27. The lowest BCUT2D eigenvalue weighted by molar-refractivity contribution is 0.386. The molecule has 1 heterocycles. The van der Waals surface area contributed by atoms with E-state index in [1.165, 1.54) is 13.2 Å². The van der Waals surface area contributed by atoms with Crippen LogP contribution in [0, 0.1) is 5.82 Å². The second-order valence-electron chi connectivity index (χ2n) is 4.33. The average molecular weight is 304 g/mol. The van der Waals surface area contributed by atoms with Gasteiger partial charge in [0, 0.05) is 17.1 Å². The Bertz CT molecular complexity index is 810. The van der Waals surface area contributed by atoms with E-state index in [9.17, 15) is 4.39 Å². The van der Waals surface area contributed by atoms with Crippen LogP contribution in [0.2, 0.25) is 5.28 Å². The summed E-state index contributed by atoms with van der Waals surface area (Å²) in [5, 5.41) is 3.98. The van der Waals surface area contributed by atoms with Gasteiger partial charge in [0.2, 0.25) is 5.28 Å². The molecule has 21 heavy (non-hydrogen) atoms. The maximum absolute atomic E-state index is 13.7. The van der Waals surface area contributed by atoms with Gasteiger partial charge in [-0.15, -0.1) is 0 Å². The Balaban J connectivity index is 2.03. The third-order valence-electron chi connectivity index (χ3n) is 2.99. The second-order valence-corrected chi connectivity index (χ2v) is 4.67. The van der Waals surface area contributed by atoms with Crippen molar-refractivity contribution < 1.29 is 9.13 Å². The SMILES string of the molecule is COc1ccc(Nc2nc(Cl)nc3ccccc23)cc1F. The molecule has 0 atom stereocenters. The van der Waals surface area contributed by atoms with Crippen molar-refractivity contribution in [2.24, 2.45) is 0 Å². The first-order chi connectivity index (χ1) is 10.2. The van der Waals surface area contributed by atoms with Crippen LogP contribution in [0.1, 0.15) is 0 Å². The van der Waals surface area contributed by atoms with Crippen LogP contribution in [0.3, 0.4) is 0 Å². The van der Waals surface area contributed by atoms with Crippen LogP contribution < -0.4 is 10.1 Å². The average Bonchev–Trinajstić information content (AvgIpc) is 2.47. The Kier molecular flexibility index (Phi) is 3.58. The summed E-state index contributed by atoms with van der Waals surface area (Å²) in [6.07, 6.45) is 0. The molecule has 0 saturated carbocycles. The molecule has 0 aliphatic carbocycles. The summed E-state index contributed by atoms with van der Waals surface area (Å²) in [7, 11) is 1.42. The van der Waals surface area contributed by atoms with Gasteiger partial charge in [0.1, 0.15) is 5.82 Å². The summed E-state index contributed by atoms with van der Waals surface area (Å²) in [5.74, 6) is 0.258. The molecule has 1 aromatic heterocycles. The lowest BCUT2D eigenvalue weighted by Gasteiger charge is -2.10. The van der Waals surface area contributed by atoms with Gasteiger partial charge in [-0.05, 0) is 35.9 Å².